The Kier molecular flexibility index (Phi) is 6.27. The van der Waals surface area contributed by atoms with Crippen LogP contribution in [0.1, 0.15) is 19.8 Å². The molecule has 0 aliphatic rings. The van der Waals surface area contributed by atoms with E-state index in [0.29, 0.717) is 6.61 Å². The number of carbonyl (C=O) groups is 1. The van der Waals surface area contributed by atoms with Crippen LogP contribution in [0.3, 0.4) is 0 Å². The number of hydrogen-bond donors (Lipinski definition) is 1. The molecule has 1 unspecified atom stereocenters. The highest BCUT2D eigenvalue weighted by atomic mass is 32.7. The van der Waals surface area contributed by atoms with Crippen LogP contribution in [0, 0.1) is 0 Å². The molecule has 0 aromatic rings. The maximum Gasteiger partial charge on any atom is 0.637 e. The third kappa shape index (κ3) is 7.62. The molecule has 0 aliphatic carbocycles. The van der Waals surface area contributed by atoms with Gasteiger partial charge in [0.25, 0.3) is 0 Å². The van der Waals surface area contributed by atoms with Gasteiger partial charge in [-0.15, -0.1) is 0 Å². The lowest BCUT2D eigenvalue weighted by atomic mass is 10.4. The Morgan fingerprint density at radius 2 is 2.27 bits per heavy atom. The second-order valence-electron chi connectivity index (χ2n) is 1.78. The molecule has 6 heteroatoms. The zero-order valence-electron chi connectivity index (χ0n) is 6.15. The first-order valence-corrected chi connectivity index (χ1v) is 5.50. The maximum absolute atomic E-state index is 10.5. The number of rotatable bonds is 4. The van der Waals surface area contributed by atoms with Crippen LogP contribution in [-0.2, 0) is 13.8 Å². The van der Waals surface area contributed by atoms with Gasteiger partial charge < -0.3 is 4.74 Å². The first-order valence-electron chi connectivity index (χ1n) is 3.17. The predicted octanol–water partition coefficient (Wildman–Crippen LogP) is 2.53. The van der Waals surface area contributed by atoms with Gasteiger partial charge in [0.1, 0.15) is 0 Å². The average molecular weight is 197 g/mol. The van der Waals surface area contributed by atoms with Crippen molar-refractivity contribution in [3.8, 4) is 0 Å². The Balaban J connectivity index is 3.30. The molecule has 64 valence electrons. The first-order chi connectivity index (χ1) is 5.16. The van der Waals surface area contributed by atoms with Gasteiger partial charge in [-0.25, -0.2) is 0 Å². The third-order valence-electron chi connectivity index (χ3n) is 0.870. The van der Waals surface area contributed by atoms with Crippen molar-refractivity contribution in [2.75, 3.05) is 6.61 Å². The molecule has 0 aliphatic heterocycles. The lowest BCUT2D eigenvalue weighted by Gasteiger charge is -1.95. The quantitative estimate of drug-likeness (QED) is 0.325. The predicted molar refractivity (Wildman–Crippen MR) is 43.9 cm³/mol. The van der Waals surface area contributed by atoms with Crippen molar-refractivity contribution in [1.82, 2.24) is 0 Å². The number of carbonyl (C=O) groups excluding carboxylic acids is 1. The number of ether oxygens (including phenoxy) is 1. The van der Waals surface area contributed by atoms with E-state index in [1.807, 2.05) is 6.92 Å². The fourth-order valence-electron chi connectivity index (χ4n) is 0.390. The van der Waals surface area contributed by atoms with Crippen molar-refractivity contribution in [2.45, 2.75) is 19.8 Å². The van der Waals surface area contributed by atoms with Gasteiger partial charge >= 0.3 is 13.4 Å². The van der Waals surface area contributed by atoms with E-state index in [1.54, 1.807) is 0 Å². The van der Waals surface area contributed by atoms with Crippen LogP contribution < -0.4 is 0 Å². The molecular formula is C5H10O4PS+. The minimum atomic E-state index is -2.19. The summed E-state index contributed by atoms with van der Waals surface area (Å²) in [5, 5.41) is 0. The summed E-state index contributed by atoms with van der Waals surface area (Å²) in [5.74, 6) is 0. The second kappa shape index (κ2) is 6.43. The van der Waals surface area contributed by atoms with E-state index in [9.17, 15) is 9.36 Å². The summed E-state index contributed by atoms with van der Waals surface area (Å²) in [6.07, 6.45) is 0.785. The van der Waals surface area contributed by atoms with Gasteiger partial charge in [-0.2, -0.15) is 9.32 Å². The Labute approximate surface area is 71.3 Å². The van der Waals surface area contributed by atoms with Crippen molar-refractivity contribution >= 4 is 25.6 Å². The highest BCUT2D eigenvalue weighted by molar-refractivity contribution is 8.39. The van der Waals surface area contributed by atoms with Gasteiger partial charge in [0.05, 0.1) is 6.61 Å². The van der Waals surface area contributed by atoms with E-state index in [4.69, 9.17) is 0 Å². The van der Waals surface area contributed by atoms with E-state index in [1.165, 1.54) is 0 Å². The maximum atomic E-state index is 10.5. The normalized spacial score (nSPS) is 10.5. The number of unbranched alkanes of at least 4 members (excludes halogenated alkanes) is 1. The summed E-state index contributed by atoms with van der Waals surface area (Å²) in [5.41, 5.74) is 0. The number of hydrogen-bond acceptors (Lipinski definition) is 4. The molecule has 0 radical (unpaired) electrons. The van der Waals surface area contributed by atoms with Crippen LogP contribution in [0.25, 0.3) is 0 Å². The molecule has 4 nitrogen and oxygen atoms in total. The monoisotopic (exact) mass is 197 g/mol. The van der Waals surface area contributed by atoms with Gasteiger partial charge in [-0.1, -0.05) is 13.3 Å². The Hall–Kier alpha value is -0.280. The molecule has 0 bridgehead atoms. The van der Waals surface area contributed by atoms with E-state index >= 15 is 0 Å². The smallest absolute Gasteiger partial charge is 0.431 e. The van der Waals surface area contributed by atoms with Crippen molar-refractivity contribution < 1.29 is 18.6 Å². The molecule has 0 fully saturated rings. The summed E-state index contributed by atoms with van der Waals surface area (Å²) in [4.78, 5) is 10.5. The Morgan fingerprint density at radius 1 is 1.64 bits per heavy atom. The van der Waals surface area contributed by atoms with Crippen molar-refractivity contribution in [1.29, 1.82) is 0 Å². The molecular weight excluding hydrogens is 187 g/mol. The van der Waals surface area contributed by atoms with Gasteiger partial charge in [0, 0.05) is 0 Å². The summed E-state index contributed by atoms with van der Waals surface area (Å²) in [6, 6.07) is 0. The van der Waals surface area contributed by atoms with Crippen molar-refractivity contribution in [3.63, 3.8) is 0 Å². The summed E-state index contributed by atoms with van der Waals surface area (Å²) in [7, 11) is -2.19. The van der Waals surface area contributed by atoms with Crippen LogP contribution in [-0.4, -0.2) is 12.8 Å². The molecule has 0 heterocycles. The van der Waals surface area contributed by atoms with Crippen LogP contribution >= 0.6 is 19.5 Å². The lowest BCUT2D eigenvalue weighted by Crippen LogP contribution is -2.03. The second-order valence-corrected chi connectivity index (χ2v) is 3.42. The third-order valence-corrected chi connectivity index (χ3v) is 1.42. The standard InChI is InChI=1S/C5H9O4PS/c1-2-3-4-8-5(6)9-10(7)11/h2-4H2,1H3/p+1. The molecule has 0 N–H and O–H groups in total. The largest absolute Gasteiger partial charge is 0.637 e. The van der Waals surface area contributed by atoms with Crippen molar-refractivity contribution in [2.24, 2.45) is 0 Å². The molecule has 0 saturated carbocycles. The topological polar surface area (TPSA) is 52.6 Å². The van der Waals surface area contributed by atoms with E-state index < -0.39 is 13.4 Å². The van der Waals surface area contributed by atoms with Crippen LogP contribution in [0.15, 0.2) is 0 Å². The minimum Gasteiger partial charge on any atom is -0.431 e. The van der Waals surface area contributed by atoms with Gasteiger partial charge in [0.15, 0.2) is 12.2 Å². The molecule has 11 heavy (non-hydrogen) atoms. The molecule has 0 rings (SSSR count). The zero-order valence-corrected chi connectivity index (χ0v) is 7.94. The molecule has 0 aromatic carbocycles. The number of thiol groups is 1. The molecule has 0 amide bonds. The van der Waals surface area contributed by atoms with Gasteiger partial charge in [0.2, 0.25) is 0 Å². The molecule has 0 saturated heterocycles. The van der Waals surface area contributed by atoms with Crippen LogP contribution in [0.2, 0.25) is 0 Å². The van der Waals surface area contributed by atoms with E-state index in [2.05, 4.69) is 21.5 Å². The summed E-state index contributed by atoms with van der Waals surface area (Å²) < 4.78 is 18.8. The van der Waals surface area contributed by atoms with Crippen molar-refractivity contribution in [3.05, 3.63) is 0 Å². The van der Waals surface area contributed by atoms with E-state index in [-0.39, 0.29) is 0 Å². The van der Waals surface area contributed by atoms with Gasteiger partial charge in [-0.05, 0) is 11.0 Å². The van der Waals surface area contributed by atoms with Gasteiger partial charge in [-0.3, -0.25) is 0 Å². The average Bonchev–Trinajstić information content (AvgIpc) is 1.86. The molecule has 1 atom stereocenters. The summed E-state index contributed by atoms with van der Waals surface area (Å²) in [6.45, 7) is 2.26. The molecule has 0 spiro atoms. The lowest BCUT2D eigenvalue weighted by molar-refractivity contribution is 0.102. The first kappa shape index (κ1) is 10.7. The minimum absolute atomic E-state index is 0.298. The molecule has 0 aromatic heterocycles. The Morgan fingerprint density at radius 3 is 2.73 bits per heavy atom. The van der Waals surface area contributed by atoms with E-state index in [0.717, 1.165) is 12.8 Å². The zero-order chi connectivity index (χ0) is 8.69. The Bertz CT molecular complexity index is 149. The van der Waals surface area contributed by atoms with Crippen LogP contribution in [0.5, 0.6) is 0 Å². The fraction of sp³-hybridized carbons (Fsp3) is 0.800. The van der Waals surface area contributed by atoms with Crippen LogP contribution in [0.4, 0.5) is 4.79 Å². The SMILES string of the molecule is CCCCOC(=O)O[P+](=O)S. The highest BCUT2D eigenvalue weighted by Crippen LogP contribution is 2.27. The fourth-order valence-corrected chi connectivity index (χ4v) is 0.770. The summed E-state index contributed by atoms with van der Waals surface area (Å²) >= 11 is 3.37. The highest BCUT2D eigenvalue weighted by Gasteiger charge is 2.18.